The van der Waals surface area contributed by atoms with Gasteiger partial charge in [0.05, 0.1) is 17.4 Å². The Hall–Kier alpha value is -3.18. The minimum Gasteiger partial charge on any atom is -0.467 e. The average Bonchev–Trinajstić information content (AvgIpc) is 3.35. The van der Waals surface area contributed by atoms with Crippen molar-refractivity contribution >= 4 is 44.5 Å². The van der Waals surface area contributed by atoms with Gasteiger partial charge in [-0.25, -0.2) is 18.4 Å². The molecule has 4 rings (SSSR count). The molecule has 29 heavy (non-hydrogen) atoms. The van der Waals surface area contributed by atoms with Gasteiger partial charge in [-0.15, -0.1) is 0 Å². The predicted octanol–water partition coefficient (Wildman–Crippen LogP) is 1.49. The number of nitrogens with zero attached hydrogens (tertiary/aromatic N) is 3. The van der Waals surface area contributed by atoms with Crippen LogP contribution >= 0.6 is 0 Å². The van der Waals surface area contributed by atoms with Gasteiger partial charge < -0.3 is 19.9 Å². The van der Waals surface area contributed by atoms with Crippen LogP contribution in [0.1, 0.15) is 12.8 Å². The third-order valence-corrected chi connectivity index (χ3v) is 5.72. The van der Waals surface area contributed by atoms with E-state index in [0.29, 0.717) is 30.1 Å². The minimum atomic E-state index is -3.83. The lowest BCUT2D eigenvalue weighted by Gasteiger charge is -2.24. The van der Waals surface area contributed by atoms with Crippen molar-refractivity contribution in [2.75, 3.05) is 23.9 Å². The number of esters is 1. The van der Waals surface area contributed by atoms with E-state index in [1.54, 1.807) is 18.3 Å². The fraction of sp³-hybridized carbons (Fsp3) is 0.278. The Morgan fingerprint density at radius 1 is 1.34 bits per heavy atom. The van der Waals surface area contributed by atoms with Gasteiger partial charge in [-0.3, -0.25) is 0 Å². The summed E-state index contributed by atoms with van der Waals surface area (Å²) in [6, 6.07) is 7.51. The highest BCUT2D eigenvalue weighted by atomic mass is 32.2. The van der Waals surface area contributed by atoms with Gasteiger partial charge in [-0.1, -0.05) is 6.07 Å². The average molecular weight is 416 g/mol. The standard InChI is InChI=1S/C18H20N6O4S/c1-28-17(25)14-6-3-9-24(14)16-13-7-8-20-15(13)22-18(23-16)21-11-4-2-5-12(10-11)29(19,26)27/h2,4-5,7-8,10,14H,3,6,9H2,1H3,(H2,19,26,27)(H2,20,21,22,23)/t14-/m0/s1. The molecule has 11 heteroatoms. The van der Waals surface area contributed by atoms with E-state index in [4.69, 9.17) is 9.88 Å². The number of benzene rings is 1. The van der Waals surface area contributed by atoms with Crippen molar-refractivity contribution in [3.05, 3.63) is 36.5 Å². The van der Waals surface area contributed by atoms with Gasteiger partial charge in [0.25, 0.3) is 0 Å². The lowest BCUT2D eigenvalue weighted by atomic mass is 10.2. The first-order valence-corrected chi connectivity index (χ1v) is 10.5. The third-order valence-electron chi connectivity index (χ3n) is 4.81. The quantitative estimate of drug-likeness (QED) is 0.531. The molecule has 0 spiro atoms. The summed E-state index contributed by atoms with van der Waals surface area (Å²) in [5.41, 5.74) is 1.06. The van der Waals surface area contributed by atoms with Gasteiger partial charge in [0.1, 0.15) is 17.5 Å². The van der Waals surface area contributed by atoms with Gasteiger partial charge in [-0.2, -0.15) is 9.97 Å². The molecular formula is C18H20N6O4S. The maximum absolute atomic E-state index is 12.2. The van der Waals surface area contributed by atoms with Gasteiger partial charge >= 0.3 is 5.97 Å². The summed E-state index contributed by atoms with van der Waals surface area (Å²) in [4.78, 5) is 26.2. The summed E-state index contributed by atoms with van der Waals surface area (Å²) >= 11 is 0. The molecule has 0 unspecified atom stereocenters. The van der Waals surface area contributed by atoms with Crippen LogP contribution in [0.15, 0.2) is 41.4 Å². The molecule has 0 saturated carbocycles. The SMILES string of the molecule is COC(=O)[C@@H]1CCCN1c1nc(Nc2cccc(S(N)(=O)=O)c2)nc2[nH]ccc12. The molecule has 0 amide bonds. The van der Waals surface area contributed by atoms with Crippen molar-refractivity contribution in [3.8, 4) is 0 Å². The molecular weight excluding hydrogens is 396 g/mol. The maximum atomic E-state index is 12.2. The molecule has 0 radical (unpaired) electrons. The molecule has 3 heterocycles. The second-order valence-electron chi connectivity index (χ2n) is 6.68. The number of carbonyl (C=O) groups is 1. The van der Waals surface area contributed by atoms with Crippen LogP contribution in [-0.4, -0.2) is 49.0 Å². The van der Waals surface area contributed by atoms with Crippen molar-refractivity contribution in [2.24, 2.45) is 5.14 Å². The van der Waals surface area contributed by atoms with E-state index in [9.17, 15) is 13.2 Å². The summed E-state index contributed by atoms with van der Waals surface area (Å²) in [5, 5.41) is 9.00. The molecule has 3 aromatic rings. The largest absolute Gasteiger partial charge is 0.467 e. The Bertz CT molecular complexity index is 1180. The number of carbonyl (C=O) groups excluding carboxylic acids is 1. The number of hydrogen-bond donors (Lipinski definition) is 3. The lowest BCUT2D eigenvalue weighted by molar-refractivity contribution is -0.141. The van der Waals surface area contributed by atoms with Crippen LogP contribution in [0.25, 0.3) is 11.0 Å². The van der Waals surface area contributed by atoms with Crippen LogP contribution in [0.2, 0.25) is 0 Å². The smallest absolute Gasteiger partial charge is 0.328 e. The zero-order valence-corrected chi connectivity index (χ0v) is 16.4. The third kappa shape index (κ3) is 3.74. The number of H-pyrrole nitrogens is 1. The van der Waals surface area contributed by atoms with Crippen LogP contribution < -0.4 is 15.4 Å². The minimum absolute atomic E-state index is 0.0195. The Labute approximate surface area is 167 Å². The zero-order valence-electron chi connectivity index (χ0n) is 15.6. The number of fused-ring (bicyclic) bond motifs is 1. The molecule has 152 valence electrons. The highest BCUT2D eigenvalue weighted by Crippen LogP contribution is 2.32. The summed E-state index contributed by atoms with van der Waals surface area (Å²) in [6.07, 6.45) is 3.27. The molecule has 1 aliphatic rings. The molecule has 1 aliphatic heterocycles. The van der Waals surface area contributed by atoms with Crippen molar-refractivity contribution in [3.63, 3.8) is 0 Å². The van der Waals surface area contributed by atoms with Gasteiger partial charge in [-0.05, 0) is 37.1 Å². The first-order chi connectivity index (χ1) is 13.9. The molecule has 1 saturated heterocycles. The van der Waals surface area contributed by atoms with Crippen LogP contribution in [0, 0.1) is 0 Å². The normalized spacial score (nSPS) is 16.9. The van der Waals surface area contributed by atoms with E-state index in [0.717, 1.165) is 11.8 Å². The molecule has 0 bridgehead atoms. The zero-order chi connectivity index (χ0) is 20.6. The van der Waals surface area contributed by atoms with Gasteiger partial charge in [0.15, 0.2) is 0 Å². The van der Waals surface area contributed by atoms with Crippen LogP contribution in [0.3, 0.4) is 0 Å². The summed E-state index contributed by atoms with van der Waals surface area (Å²) in [5.74, 6) is 0.562. The van der Waals surface area contributed by atoms with E-state index < -0.39 is 16.1 Å². The summed E-state index contributed by atoms with van der Waals surface area (Å²) in [7, 11) is -2.46. The monoisotopic (exact) mass is 416 g/mol. The van der Waals surface area contributed by atoms with E-state index in [-0.39, 0.29) is 16.8 Å². The number of nitrogens with one attached hydrogen (secondary N) is 2. The van der Waals surface area contributed by atoms with Gasteiger partial charge in [0, 0.05) is 18.4 Å². The summed E-state index contributed by atoms with van der Waals surface area (Å²) in [6.45, 7) is 0.664. The van der Waals surface area contributed by atoms with Crippen molar-refractivity contribution < 1.29 is 17.9 Å². The number of aromatic amines is 1. The molecule has 1 fully saturated rings. The molecule has 2 aromatic heterocycles. The number of ether oxygens (including phenoxy) is 1. The second kappa shape index (κ2) is 7.33. The topological polar surface area (TPSA) is 143 Å². The number of rotatable bonds is 5. The number of nitrogens with two attached hydrogens (primary N) is 1. The molecule has 4 N–H and O–H groups in total. The Morgan fingerprint density at radius 3 is 2.93 bits per heavy atom. The summed E-state index contributed by atoms with van der Waals surface area (Å²) < 4.78 is 28.1. The fourth-order valence-corrected chi connectivity index (χ4v) is 4.04. The molecule has 1 aromatic carbocycles. The highest BCUT2D eigenvalue weighted by Gasteiger charge is 2.34. The van der Waals surface area contributed by atoms with Crippen molar-refractivity contribution in [1.82, 2.24) is 15.0 Å². The van der Waals surface area contributed by atoms with E-state index in [1.165, 1.54) is 19.2 Å². The number of primary sulfonamides is 1. The molecule has 1 atom stereocenters. The number of sulfonamides is 1. The van der Waals surface area contributed by atoms with E-state index in [1.807, 2.05) is 11.0 Å². The highest BCUT2D eigenvalue weighted by molar-refractivity contribution is 7.89. The number of hydrogen-bond acceptors (Lipinski definition) is 8. The second-order valence-corrected chi connectivity index (χ2v) is 8.24. The van der Waals surface area contributed by atoms with Crippen molar-refractivity contribution in [2.45, 2.75) is 23.8 Å². The molecule has 0 aliphatic carbocycles. The van der Waals surface area contributed by atoms with E-state index >= 15 is 0 Å². The lowest BCUT2D eigenvalue weighted by Crippen LogP contribution is -2.37. The number of anilines is 3. The Morgan fingerprint density at radius 2 is 2.17 bits per heavy atom. The first-order valence-electron chi connectivity index (χ1n) is 8.96. The Kier molecular flexibility index (Phi) is 4.84. The fourth-order valence-electron chi connectivity index (χ4n) is 3.48. The maximum Gasteiger partial charge on any atom is 0.328 e. The van der Waals surface area contributed by atoms with Crippen LogP contribution in [0.4, 0.5) is 17.5 Å². The van der Waals surface area contributed by atoms with Crippen molar-refractivity contribution in [1.29, 1.82) is 0 Å². The van der Waals surface area contributed by atoms with Crippen LogP contribution in [-0.2, 0) is 19.6 Å². The molecule has 10 nitrogen and oxygen atoms in total. The van der Waals surface area contributed by atoms with E-state index in [2.05, 4.69) is 20.3 Å². The first kappa shape index (κ1) is 19.2. The van der Waals surface area contributed by atoms with Gasteiger partial charge in [0.2, 0.25) is 16.0 Å². The predicted molar refractivity (Wildman–Crippen MR) is 107 cm³/mol. The van der Waals surface area contributed by atoms with Crippen LogP contribution in [0.5, 0.6) is 0 Å². The Balaban J connectivity index is 1.73. The number of aromatic nitrogens is 3. The number of methoxy groups -OCH3 is 1.